The molecule has 138 valence electrons. The summed E-state index contributed by atoms with van der Waals surface area (Å²) >= 11 is 0. The molecule has 0 saturated carbocycles. The average molecular weight is 386 g/mol. The predicted molar refractivity (Wildman–Crippen MR) is 97.5 cm³/mol. The van der Waals surface area contributed by atoms with E-state index >= 15 is 0 Å². The minimum absolute atomic E-state index is 0.0653. The van der Waals surface area contributed by atoms with Crippen LogP contribution in [0.2, 0.25) is 0 Å². The monoisotopic (exact) mass is 386 g/mol. The van der Waals surface area contributed by atoms with Gasteiger partial charge in [0, 0.05) is 0 Å². The molecule has 27 heavy (non-hydrogen) atoms. The summed E-state index contributed by atoms with van der Waals surface area (Å²) in [4.78, 5) is 12.2. The van der Waals surface area contributed by atoms with Gasteiger partial charge in [-0.15, -0.1) is 0 Å². The van der Waals surface area contributed by atoms with Crippen molar-refractivity contribution in [2.45, 2.75) is 10.6 Å². The molecule has 3 aromatic rings. The van der Waals surface area contributed by atoms with Crippen molar-refractivity contribution < 1.29 is 22.0 Å². The number of halogens is 1. The number of hydrogen-bond acceptors (Lipinski definition) is 5. The Labute approximate surface area is 155 Å². The number of amides is 1. The van der Waals surface area contributed by atoms with Crippen LogP contribution < -0.4 is 5.43 Å². The number of hydrazone groups is 1. The fourth-order valence-corrected chi connectivity index (χ4v) is 3.51. The van der Waals surface area contributed by atoms with E-state index in [9.17, 15) is 17.6 Å². The first-order valence-electron chi connectivity index (χ1n) is 7.89. The highest BCUT2D eigenvalue weighted by Gasteiger charge is 2.19. The molecule has 6 nitrogen and oxygen atoms in total. The van der Waals surface area contributed by atoms with Gasteiger partial charge in [-0.05, 0) is 42.0 Å². The van der Waals surface area contributed by atoms with Gasteiger partial charge in [0.1, 0.15) is 17.3 Å². The summed E-state index contributed by atoms with van der Waals surface area (Å²) in [7, 11) is -3.57. The number of benzene rings is 2. The molecule has 1 aromatic heterocycles. The van der Waals surface area contributed by atoms with Gasteiger partial charge in [-0.2, -0.15) is 5.10 Å². The number of sulfone groups is 1. The number of nitrogens with zero attached hydrogens (tertiary/aromatic N) is 1. The summed E-state index contributed by atoms with van der Waals surface area (Å²) in [5.41, 5.74) is 2.87. The van der Waals surface area contributed by atoms with Crippen LogP contribution in [0.4, 0.5) is 4.39 Å². The van der Waals surface area contributed by atoms with Crippen molar-refractivity contribution in [2.75, 3.05) is 0 Å². The van der Waals surface area contributed by atoms with Crippen molar-refractivity contribution in [3.05, 3.63) is 89.6 Å². The zero-order chi connectivity index (χ0) is 19.3. The maximum absolute atomic E-state index is 12.8. The van der Waals surface area contributed by atoms with Crippen molar-refractivity contribution in [2.24, 2.45) is 5.10 Å². The molecule has 0 bridgehead atoms. The fraction of sp³-hybridized carbons (Fsp3) is 0.0526. The molecule has 1 N–H and O–H groups in total. The van der Waals surface area contributed by atoms with Crippen LogP contribution in [0.25, 0.3) is 0 Å². The lowest BCUT2D eigenvalue weighted by molar-refractivity contribution is 0.0926. The van der Waals surface area contributed by atoms with Gasteiger partial charge in [0.15, 0.2) is 15.6 Å². The minimum Gasteiger partial charge on any atom is -0.455 e. The molecule has 0 spiro atoms. The van der Waals surface area contributed by atoms with Gasteiger partial charge >= 0.3 is 5.91 Å². The lowest BCUT2D eigenvalue weighted by Crippen LogP contribution is -2.16. The third kappa shape index (κ3) is 4.89. The number of hydrogen-bond donors (Lipinski definition) is 1. The van der Waals surface area contributed by atoms with Crippen LogP contribution in [0, 0.1) is 5.82 Å². The van der Waals surface area contributed by atoms with Crippen molar-refractivity contribution in [3.8, 4) is 0 Å². The number of rotatable bonds is 6. The Kier molecular flexibility index (Phi) is 5.46. The van der Waals surface area contributed by atoms with E-state index in [1.807, 2.05) is 0 Å². The standard InChI is InChI=1S/C19H15FN2O4S/c20-15-8-6-14(7-9-15)12-21-22-19(23)18-11-10-16(26-18)13-27(24,25)17-4-2-1-3-5-17/h1-12H,13H2,(H,22,23)/b21-12-. The molecule has 0 unspecified atom stereocenters. The summed E-state index contributed by atoms with van der Waals surface area (Å²) in [5.74, 6) is -1.28. The topological polar surface area (TPSA) is 88.7 Å². The zero-order valence-electron chi connectivity index (χ0n) is 14.0. The average Bonchev–Trinajstić information content (AvgIpc) is 3.12. The van der Waals surface area contributed by atoms with Crippen molar-refractivity contribution in [1.82, 2.24) is 5.43 Å². The van der Waals surface area contributed by atoms with Crippen LogP contribution in [0.1, 0.15) is 21.9 Å². The van der Waals surface area contributed by atoms with E-state index in [0.29, 0.717) is 5.56 Å². The molecule has 1 heterocycles. The van der Waals surface area contributed by atoms with Gasteiger partial charge in [0.2, 0.25) is 0 Å². The van der Waals surface area contributed by atoms with Gasteiger partial charge in [-0.25, -0.2) is 18.2 Å². The second-order valence-electron chi connectivity index (χ2n) is 5.59. The van der Waals surface area contributed by atoms with E-state index in [0.717, 1.165) is 0 Å². The van der Waals surface area contributed by atoms with Crippen molar-refractivity contribution >= 4 is 22.0 Å². The van der Waals surface area contributed by atoms with Crippen molar-refractivity contribution in [1.29, 1.82) is 0 Å². The van der Waals surface area contributed by atoms with Crippen LogP contribution in [0.3, 0.4) is 0 Å². The molecule has 0 atom stereocenters. The molecule has 0 fully saturated rings. The quantitative estimate of drug-likeness (QED) is 0.521. The molecule has 0 saturated heterocycles. The van der Waals surface area contributed by atoms with Crippen LogP contribution in [-0.4, -0.2) is 20.5 Å². The smallest absolute Gasteiger partial charge is 0.307 e. The fourth-order valence-electron chi connectivity index (χ4n) is 2.25. The molecule has 8 heteroatoms. The number of furan rings is 1. The van der Waals surface area contributed by atoms with Gasteiger partial charge in [0.25, 0.3) is 0 Å². The first-order chi connectivity index (χ1) is 12.9. The van der Waals surface area contributed by atoms with E-state index in [4.69, 9.17) is 4.42 Å². The van der Waals surface area contributed by atoms with E-state index in [-0.39, 0.29) is 28.0 Å². The number of carbonyl (C=O) groups excluding carboxylic acids is 1. The van der Waals surface area contributed by atoms with Crippen LogP contribution in [0.15, 0.2) is 81.1 Å². The van der Waals surface area contributed by atoms with E-state index in [2.05, 4.69) is 10.5 Å². The number of nitrogens with one attached hydrogen (secondary N) is 1. The first kappa shape index (κ1) is 18.5. The van der Waals surface area contributed by atoms with Gasteiger partial charge in [-0.1, -0.05) is 30.3 Å². The maximum atomic E-state index is 12.8. The van der Waals surface area contributed by atoms with Gasteiger partial charge < -0.3 is 4.42 Å². The number of carbonyl (C=O) groups is 1. The lowest BCUT2D eigenvalue weighted by Gasteiger charge is -2.02. The summed E-state index contributed by atoms with van der Waals surface area (Å²) in [6.45, 7) is 0. The Morgan fingerprint density at radius 1 is 1.04 bits per heavy atom. The summed E-state index contributed by atoms with van der Waals surface area (Å²) < 4.78 is 42.8. The second-order valence-corrected chi connectivity index (χ2v) is 7.58. The van der Waals surface area contributed by atoms with E-state index < -0.39 is 15.7 Å². The normalized spacial score (nSPS) is 11.6. The van der Waals surface area contributed by atoms with Crippen LogP contribution >= 0.6 is 0 Å². The Bertz CT molecular complexity index is 1060. The SMILES string of the molecule is O=C(N/N=C\c1ccc(F)cc1)c1ccc(CS(=O)(=O)c2ccccc2)o1. The lowest BCUT2D eigenvalue weighted by atomic mass is 10.2. The third-order valence-electron chi connectivity index (χ3n) is 3.57. The highest BCUT2D eigenvalue weighted by atomic mass is 32.2. The van der Waals surface area contributed by atoms with Crippen LogP contribution in [-0.2, 0) is 15.6 Å². The second kappa shape index (κ2) is 7.96. The molecule has 1 amide bonds. The van der Waals surface area contributed by atoms with E-state index in [1.54, 1.807) is 18.2 Å². The summed E-state index contributed by atoms with van der Waals surface area (Å²) in [6.07, 6.45) is 1.35. The zero-order valence-corrected chi connectivity index (χ0v) is 14.8. The highest BCUT2D eigenvalue weighted by molar-refractivity contribution is 7.90. The highest BCUT2D eigenvalue weighted by Crippen LogP contribution is 2.18. The summed E-state index contributed by atoms with van der Waals surface area (Å²) in [5, 5.41) is 3.75. The Balaban J connectivity index is 1.63. The molecule has 0 radical (unpaired) electrons. The molecule has 2 aromatic carbocycles. The Morgan fingerprint density at radius 3 is 2.44 bits per heavy atom. The maximum Gasteiger partial charge on any atom is 0.307 e. The largest absolute Gasteiger partial charge is 0.455 e. The van der Waals surface area contributed by atoms with Crippen LogP contribution in [0.5, 0.6) is 0 Å². The Morgan fingerprint density at radius 2 is 1.74 bits per heavy atom. The van der Waals surface area contributed by atoms with Gasteiger partial charge in [-0.3, -0.25) is 4.79 Å². The Hall–Kier alpha value is -3.26. The summed E-state index contributed by atoms with van der Waals surface area (Å²) in [6, 6.07) is 16.3. The molecular formula is C19H15FN2O4S. The predicted octanol–water partition coefficient (Wildman–Crippen LogP) is 3.16. The van der Waals surface area contributed by atoms with Gasteiger partial charge in [0.05, 0.1) is 11.1 Å². The van der Waals surface area contributed by atoms with E-state index in [1.165, 1.54) is 54.7 Å². The molecule has 0 aliphatic heterocycles. The molecule has 0 aliphatic rings. The molecular weight excluding hydrogens is 371 g/mol. The molecule has 3 rings (SSSR count). The van der Waals surface area contributed by atoms with Crippen molar-refractivity contribution in [3.63, 3.8) is 0 Å². The first-order valence-corrected chi connectivity index (χ1v) is 9.55. The minimum atomic E-state index is -3.57. The molecule has 0 aliphatic carbocycles. The third-order valence-corrected chi connectivity index (χ3v) is 5.22.